The van der Waals surface area contributed by atoms with Crippen molar-refractivity contribution in [1.29, 1.82) is 0 Å². The molecule has 2 aromatic carbocycles. The third kappa shape index (κ3) is 3.17. The second kappa shape index (κ2) is 5.63. The number of carboxylic acids is 1. The van der Waals surface area contributed by atoms with Crippen LogP contribution in [0.3, 0.4) is 0 Å². The van der Waals surface area contributed by atoms with E-state index in [4.69, 9.17) is 26.2 Å². The lowest BCUT2D eigenvalue weighted by Gasteiger charge is -2.09. The number of halogens is 1. The van der Waals surface area contributed by atoms with Crippen molar-refractivity contribution in [2.75, 3.05) is 7.11 Å². The van der Waals surface area contributed by atoms with Crippen LogP contribution < -0.4 is 9.47 Å². The molecule has 0 aliphatic rings. The van der Waals surface area contributed by atoms with Crippen molar-refractivity contribution in [2.45, 2.75) is 0 Å². The number of hydrogen-bond acceptors (Lipinski definition) is 3. The van der Waals surface area contributed by atoms with E-state index in [1.54, 1.807) is 37.4 Å². The average molecular weight is 279 g/mol. The molecule has 98 valence electrons. The largest absolute Gasteiger partial charge is 0.497 e. The molecule has 0 fully saturated rings. The fraction of sp³-hybridized carbons (Fsp3) is 0.0714. The van der Waals surface area contributed by atoms with Gasteiger partial charge >= 0.3 is 5.97 Å². The molecule has 19 heavy (non-hydrogen) atoms. The van der Waals surface area contributed by atoms with Crippen LogP contribution in [0.25, 0.3) is 0 Å². The van der Waals surface area contributed by atoms with E-state index in [1.165, 1.54) is 12.1 Å². The number of rotatable bonds is 4. The minimum Gasteiger partial charge on any atom is -0.497 e. The first-order chi connectivity index (χ1) is 9.10. The zero-order chi connectivity index (χ0) is 13.8. The summed E-state index contributed by atoms with van der Waals surface area (Å²) in [6.07, 6.45) is 0. The summed E-state index contributed by atoms with van der Waals surface area (Å²) in [7, 11) is 1.57. The maximum Gasteiger partial charge on any atom is 0.339 e. The standard InChI is InChI=1S/C14H11ClO4/c1-18-10-3-5-11(6-4-10)19-13-7-2-9(15)8-12(13)14(16)17/h2-8H,1H3,(H,16,17). The second-order valence-electron chi connectivity index (χ2n) is 3.72. The first kappa shape index (κ1) is 13.2. The number of carbonyl (C=O) groups is 1. The third-order valence-corrected chi connectivity index (χ3v) is 2.69. The summed E-state index contributed by atoms with van der Waals surface area (Å²) >= 11 is 5.77. The normalized spacial score (nSPS) is 10.0. The number of aromatic carboxylic acids is 1. The first-order valence-electron chi connectivity index (χ1n) is 5.45. The highest BCUT2D eigenvalue weighted by molar-refractivity contribution is 6.31. The van der Waals surface area contributed by atoms with Crippen molar-refractivity contribution >= 4 is 17.6 Å². The van der Waals surface area contributed by atoms with E-state index in [1.807, 2.05) is 0 Å². The highest BCUT2D eigenvalue weighted by Gasteiger charge is 2.12. The van der Waals surface area contributed by atoms with Crippen LogP contribution in [0.4, 0.5) is 0 Å². The van der Waals surface area contributed by atoms with Crippen LogP contribution >= 0.6 is 11.6 Å². The Morgan fingerprint density at radius 2 is 1.74 bits per heavy atom. The summed E-state index contributed by atoms with van der Waals surface area (Å²) in [5.74, 6) is 0.362. The minimum absolute atomic E-state index is 0.0170. The molecule has 4 nitrogen and oxygen atoms in total. The van der Waals surface area contributed by atoms with Crippen LogP contribution in [0.1, 0.15) is 10.4 Å². The second-order valence-corrected chi connectivity index (χ2v) is 4.16. The van der Waals surface area contributed by atoms with Crippen LogP contribution in [0.15, 0.2) is 42.5 Å². The predicted molar refractivity (Wildman–Crippen MR) is 71.5 cm³/mol. The molecule has 0 atom stereocenters. The highest BCUT2D eigenvalue weighted by atomic mass is 35.5. The first-order valence-corrected chi connectivity index (χ1v) is 5.82. The maximum absolute atomic E-state index is 11.1. The van der Waals surface area contributed by atoms with E-state index in [0.717, 1.165) is 0 Å². The Hall–Kier alpha value is -2.20. The SMILES string of the molecule is COc1ccc(Oc2ccc(Cl)cc2C(=O)O)cc1. The van der Waals surface area contributed by atoms with Crippen LogP contribution in [0, 0.1) is 0 Å². The van der Waals surface area contributed by atoms with Gasteiger partial charge in [-0.2, -0.15) is 0 Å². The van der Waals surface area contributed by atoms with E-state index in [-0.39, 0.29) is 11.3 Å². The van der Waals surface area contributed by atoms with E-state index >= 15 is 0 Å². The molecule has 0 aromatic heterocycles. The van der Waals surface area contributed by atoms with Crippen molar-refractivity contribution in [1.82, 2.24) is 0 Å². The quantitative estimate of drug-likeness (QED) is 0.923. The molecule has 0 saturated carbocycles. The van der Waals surface area contributed by atoms with Gasteiger partial charge in [-0.15, -0.1) is 0 Å². The van der Waals surface area contributed by atoms with Gasteiger partial charge in [0.15, 0.2) is 0 Å². The van der Waals surface area contributed by atoms with Gasteiger partial charge in [0, 0.05) is 5.02 Å². The summed E-state index contributed by atoms with van der Waals surface area (Å²) in [6, 6.07) is 11.3. The summed E-state index contributed by atoms with van der Waals surface area (Å²) < 4.78 is 10.6. The molecule has 0 spiro atoms. The lowest BCUT2D eigenvalue weighted by atomic mass is 10.2. The Morgan fingerprint density at radius 1 is 1.11 bits per heavy atom. The van der Waals surface area contributed by atoms with Crippen LogP contribution in [-0.4, -0.2) is 18.2 Å². The number of carboxylic acid groups (broad SMARTS) is 1. The van der Waals surface area contributed by atoms with Crippen molar-refractivity contribution < 1.29 is 19.4 Å². The average Bonchev–Trinajstić information content (AvgIpc) is 2.41. The van der Waals surface area contributed by atoms with Crippen LogP contribution in [0.5, 0.6) is 17.2 Å². The maximum atomic E-state index is 11.1. The van der Waals surface area contributed by atoms with Gasteiger partial charge in [-0.3, -0.25) is 0 Å². The van der Waals surface area contributed by atoms with Crippen molar-refractivity contribution in [3.63, 3.8) is 0 Å². The van der Waals surface area contributed by atoms with Crippen LogP contribution in [-0.2, 0) is 0 Å². The minimum atomic E-state index is -1.09. The van der Waals surface area contributed by atoms with Gasteiger partial charge < -0.3 is 14.6 Å². The molecule has 1 N–H and O–H groups in total. The van der Waals surface area contributed by atoms with E-state index in [0.29, 0.717) is 16.5 Å². The van der Waals surface area contributed by atoms with Gasteiger partial charge in [0.2, 0.25) is 0 Å². The number of ether oxygens (including phenoxy) is 2. The fourth-order valence-corrected chi connectivity index (χ4v) is 1.70. The van der Waals surface area contributed by atoms with Gasteiger partial charge in [-0.1, -0.05) is 11.6 Å². The molecule has 5 heteroatoms. The van der Waals surface area contributed by atoms with E-state index in [9.17, 15) is 4.79 Å². The van der Waals surface area contributed by atoms with Gasteiger partial charge in [0.25, 0.3) is 0 Å². The van der Waals surface area contributed by atoms with E-state index < -0.39 is 5.97 Å². The van der Waals surface area contributed by atoms with Crippen molar-refractivity contribution in [3.8, 4) is 17.2 Å². The molecule has 2 aromatic rings. The number of methoxy groups -OCH3 is 1. The molecular weight excluding hydrogens is 268 g/mol. The topological polar surface area (TPSA) is 55.8 Å². The molecular formula is C14H11ClO4. The fourth-order valence-electron chi connectivity index (χ4n) is 1.53. The molecule has 0 bridgehead atoms. The Morgan fingerprint density at radius 3 is 2.32 bits per heavy atom. The molecule has 0 aliphatic carbocycles. The highest BCUT2D eigenvalue weighted by Crippen LogP contribution is 2.28. The van der Waals surface area contributed by atoms with Crippen molar-refractivity contribution in [2.24, 2.45) is 0 Å². The zero-order valence-electron chi connectivity index (χ0n) is 10.1. The summed E-state index contributed by atoms with van der Waals surface area (Å²) in [6.45, 7) is 0. The molecule has 0 amide bonds. The van der Waals surface area contributed by atoms with Crippen LogP contribution in [0.2, 0.25) is 5.02 Å². The van der Waals surface area contributed by atoms with Gasteiger partial charge in [0.1, 0.15) is 22.8 Å². The molecule has 0 heterocycles. The van der Waals surface area contributed by atoms with Crippen molar-refractivity contribution in [3.05, 3.63) is 53.1 Å². The third-order valence-electron chi connectivity index (χ3n) is 2.46. The molecule has 0 unspecified atom stereocenters. The molecule has 0 saturated heterocycles. The monoisotopic (exact) mass is 278 g/mol. The number of hydrogen-bond donors (Lipinski definition) is 1. The number of benzene rings is 2. The molecule has 0 radical (unpaired) electrons. The molecule has 0 aliphatic heterocycles. The van der Waals surface area contributed by atoms with E-state index in [2.05, 4.69) is 0 Å². The predicted octanol–water partition coefficient (Wildman–Crippen LogP) is 3.84. The lowest BCUT2D eigenvalue weighted by molar-refractivity contribution is 0.0694. The van der Waals surface area contributed by atoms with Gasteiger partial charge in [-0.25, -0.2) is 4.79 Å². The van der Waals surface area contributed by atoms with Gasteiger partial charge in [-0.05, 0) is 42.5 Å². The summed E-state index contributed by atoms with van der Waals surface area (Å²) in [5, 5.41) is 9.44. The summed E-state index contributed by atoms with van der Waals surface area (Å²) in [4.78, 5) is 11.1. The smallest absolute Gasteiger partial charge is 0.339 e. The lowest BCUT2D eigenvalue weighted by Crippen LogP contribution is -1.99. The molecule has 2 rings (SSSR count). The Bertz CT molecular complexity index is 593. The zero-order valence-corrected chi connectivity index (χ0v) is 10.8. The Kier molecular flexibility index (Phi) is 3.92. The Labute approximate surface area is 115 Å². The summed E-state index contributed by atoms with van der Waals surface area (Å²) in [5.41, 5.74) is 0.0170. The van der Waals surface area contributed by atoms with Gasteiger partial charge in [0.05, 0.1) is 7.11 Å². The Balaban J connectivity index is 2.29.